The smallest absolute Gasteiger partial charge is 0.339 e. The fourth-order valence-corrected chi connectivity index (χ4v) is 3.43. The second-order valence-electron chi connectivity index (χ2n) is 6.33. The number of hydrogen-bond acceptors (Lipinski definition) is 3. The van der Waals surface area contributed by atoms with Gasteiger partial charge in [0.25, 0.3) is 0 Å². The van der Waals surface area contributed by atoms with Crippen LogP contribution in [0, 0.1) is 13.8 Å². The molecule has 2 rings (SSSR count). The number of benzene rings is 2. The minimum absolute atomic E-state index is 0.111. The highest BCUT2D eigenvalue weighted by atomic mass is 35.5. The van der Waals surface area contributed by atoms with Crippen LogP contribution in [-0.2, 0) is 4.74 Å². The highest BCUT2D eigenvalue weighted by molar-refractivity contribution is 7.80. The van der Waals surface area contributed by atoms with E-state index < -0.39 is 5.97 Å². The maximum absolute atomic E-state index is 11.8. The zero-order chi connectivity index (χ0) is 20.0. The molecule has 0 aromatic heterocycles. The summed E-state index contributed by atoms with van der Waals surface area (Å²) in [4.78, 5) is 11.8. The number of carbonyl (C=O) groups is 1. The first-order chi connectivity index (χ1) is 12.8. The summed E-state index contributed by atoms with van der Waals surface area (Å²) in [5, 5.41) is 7.31. The number of thiocarbonyl (C=S) groups is 1. The fourth-order valence-electron chi connectivity index (χ4n) is 2.91. The van der Waals surface area contributed by atoms with Gasteiger partial charge in [-0.15, -0.1) is 0 Å². The van der Waals surface area contributed by atoms with Crippen molar-refractivity contribution in [3.05, 3.63) is 63.7 Å². The van der Waals surface area contributed by atoms with Gasteiger partial charge in [-0.25, -0.2) is 4.79 Å². The molecule has 0 aliphatic carbocycles. The zero-order valence-corrected chi connectivity index (χ0v) is 17.6. The Morgan fingerprint density at radius 1 is 1.19 bits per heavy atom. The molecule has 0 unspecified atom stereocenters. The van der Waals surface area contributed by atoms with Crippen LogP contribution in [0.3, 0.4) is 0 Å². The second kappa shape index (κ2) is 9.72. The molecule has 0 aliphatic heterocycles. The summed E-state index contributed by atoms with van der Waals surface area (Å²) in [6, 6.07) is 11.6. The Hall–Kier alpha value is -2.11. The number of ether oxygens (including phenoxy) is 1. The van der Waals surface area contributed by atoms with Crippen molar-refractivity contribution >= 4 is 40.6 Å². The van der Waals surface area contributed by atoms with E-state index in [1.165, 1.54) is 16.7 Å². The average Bonchev–Trinajstić information content (AvgIpc) is 2.60. The van der Waals surface area contributed by atoms with Crippen molar-refractivity contribution in [2.75, 3.05) is 11.9 Å². The van der Waals surface area contributed by atoms with Crippen molar-refractivity contribution in [2.24, 2.45) is 0 Å². The highest BCUT2D eigenvalue weighted by Gasteiger charge is 2.15. The second-order valence-corrected chi connectivity index (χ2v) is 7.15. The predicted octanol–water partition coefficient (Wildman–Crippen LogP) is 5.57. The molecule has 0 spiro atoms. The van der Waals surface area contributed by atoms with E-state index in [2.05, 4.69) is 49.6 Å². The van der Waals surface area contributed by atoms with E-state index >= 15 is 0 Å². The number of esters is 1. The third kappa shape index (κ3) is 5.68. The molecule has 2 N–H and O–H groups in total. The van der Waals surface area contributed by atoms with Gasteiger partial charge in [-0.1, -0.05) is 42.3 Å². The number of nitrogens with one attached hydrogen (secondary N) is 2. The predicted molar refractivity (Wildman–Crippen MR) is 116 cm³/mol. The Bertz CT molecular complexity index is 839. The number of aryl methyl sites for hydroxylation is 2. The zero-order valence-electron chi connectivity index (χ0n) is 16.1. The maximum Gasteiger partial charge on any atom is 0.339 e. The summed E-state index contributed by atoms with van der Waals surface area (Å²) >= 11 is 11.7. The van der Waals surface area contributed by atoms with Crippen LogP contribution in [0.25, 0.3) is 0 Å². The van der Waals surface area contributed by atoms with Gasteiger partial charge in [0.1, 0.15) is 0 Å². The normalized spacial score (nSPS) is 11.6. The lowest BCUT2D eigenvalue weighted by atomic mass is 9.98. The summed E-state index contributed by atoms with van der Waals surface area (Å²) in [7, 11) is 0. The van der Waals surface area contributed by atoms with Crippen molar-refractivity contribution in [1.82, 2.24) is 5.32 Å². The molecule has 0 fully saturated rings. The van der Waals surface area contributed by atoms with Crippen molar-refractivity contribution in [2.45, 2.75) is 40.2 Å². The Balaban J connectivity index is 2.08. The Morgan fingerprint density at radius 2 is 1.93 bits per heavy atom. The number of halogens is 1. The molecule has 0 saturated carbocycles. The first-order valence-electron chi connectivity index (χ1n) is 8.97. The van der Waals surface area contributed by atoms with E-state index in [4.69, 9.17) is 28.6 Å². The molecule has 0 heterocycles. The van der Waals surface area contributed by atoms with Crippen molar-refractivity contribution < 1.29 is 9.53 Å². The SMILES string of the molecule is CCOC(=O)c1ccc(NC(=S)N[C@H](CC)c2ccc(C)cc2C)cc1Cl. The minimum Gasteiger partial charge on any atom is -0.462 e. The van der Waals surface area contributed by atoms with Gasteiger partial charge in [0.15, 0.2) is 5.11 Å². The first kappa shape index (κ1) is 21.2. The molecule has 0 saturated heterocycles. The van der Waals surface area contributed by atoms with Crippen LogP contribution >= 0.6 is 23.8 Å². The standard InChI is InChI=1S/C21H25ClN2O2S/c1-5-19(16-9-7-13(3)11-14(16)4)24-21(27)23-15-8-10-17(18(22)12-15)20(25)26-6-2/h7-12,19H,5-6H2,1-4H3,(H2,23,24,27)/t19-/m1/s1. The van der Waals surface area contributed by atoms with Gasteiger partial charge >= 0.3 is 5.97 Å². The molecule has 0 radical (unpaired) electrons. The average molecular weight is 405 g/mol. The van der Waals surface area contributed by atoms with Gasteiger partial charge in [0.05, 0.1) is 23.2 Å². The van der Waals surface area contributed by atoms with Gasteiger partial charge in [-0.3, -0.25) is 0 Å². The van der Waals surface area contributed by atoms with Crippen LogP contribution in [0.2, 0.25) is 5.02 Å². The first-order valence-corrected chi connectivity index (χ1v) is 9.75. The molecule has 0 amide bonds. The lowest BCUT2D eigenvalue weighted by molar-refractivity contribution is 0.0526. The molecule has 2 aromatic carbocycles. The van der Waals surface area contributed by atoms with Gasteiger partial charge in [0.2, 0.25) is 0 Å². The van der Waals surface area contributed by atoms with Gasteiger partial charge in [-0.05, 0) is 68.7 Å². The summed E-state index contributed by atoms with van der Waals surface area (Å²) in [6.07, 6.45) is 0.897. The largest absolute Gasteiger partial charge is 0.462 e. The fraction of sp³-hybridized carbons (Fsp3) is 0.333. The van der Waals surface area contributed by atoms with Crippen LogP contribution in [0.1, 0.15) is 53.4 Å². The topological polar surface area (TPSA) is 50.4 Å². The van der Waals surface area contributed by atoms with Crippen molar-refractivity contribution in [3.8, 4) is 0 Å². The molecule has 0 bridgehead atoms. The van der Waals surface area contributed by atoms with Crippen LogP contribution in [-0.4, -0.2) is 17.7 Å². The Kier molecular flexibility index (Phi) is 7.63. The van der Waals surface area contributed by atoms with Crippen LogP contribution < -0.4 is 10.6 Å². The van der Waals surface area contributed by atoms with Crippen LogP contribution in [0.15, 0.2) is 36.4 Å². The molecule has 27 heavy (non-hydrogen) atoms. The van der Waals surface area contributed by atoms with Crippen molar-refractivity contribution in [3.63, 3.8) is 0 Å². The van der Waals surface area contributed by atoms with E-state index in [1.54, 1.807) is 25.1 Å². The number of rotatable bonds is 6. The van der Waals surface area contributed by atoms with Crippen molar-refractivity contribution in [1.29, 1.82) is 0 Å². The van der Waals surface area contributed by atoms with Gasteiger partial charge < -0.3 is 15.4 Å². The van der Waals surface area contributed by atoms with Gasteiger partial charge in [0, 0.05) is 5.69 Å². The quantitative estimate of drug-likeness (QED) is 0.486. The van der Waals surface area contributed by atoms with Crippen LogP contribution in [0.4, 0.5) is 5.69 Å². The molecule has 0 aliphatic rings. The number of anilines is 1. The lowest BCUT2D eigenvalue weighted by Crippen LogP contribution is -2.32. The maximum atomic E-state index is 11.8. The van der Waals surface area contributed by atoms with E-state index in [9.17, 15) is 4.79 Å². The lowest BCUT2D eigenvalue weighted by Gasteiger charge is -2.22. The molecule has 2 aromatic rings. The van der Waals surface area contributed by atoms with E-state index in [0.29, 0.717) is 28.0 Å². The summed E-state index contributed by atoms with van der Waals surface area (Å²) in [5.74, 6) is -0.435. The molecule has 1 atom stereocenters. The number of carbonyl (C=O) groups excluding carboxylic acids is 1. The summed E-state index contributed by atoms with van der Waals surface area (Å²) < 4.78 is 4.98. The van der Waals surface area contributed by atoms with E-state index in [0.717, 1.165) is 6.42 Å². The third-order valence-corrected chi connectivity index (χ3v) is 4.77. The van der Waals surface area contributed by atoms with E-state index in [-0.39, 0.29) is 6.04 Å². The molecule has 144 valence electrons. The van der Waals surface area contributed by atoms with Gasteiger partial charge in [-0.2, -0.15) is 0 Å². The summed E-state index contributed by atoms with van der Waals surface area (Å²) in [5.41, 5.74) is 4.75. The summed E-state index contributed by atoms with van der Waals surface area (Å²) in [6.45, 7) is 8.37. The Labute approximate surface area is 171 Å². The number of hydrogen-bond donors (Lipinski definition) is 2. The monoisotopic (exact) mass is 404 g/mol. The van der Waals surface area contributed by atoms with E-state index in [1.807, 2.05) is 0 Å². The molecular weight excluding hydrogens is 380 g/mol. The van der Waals surface area contributed by atoms with Crippen LogP contribution in [0.5, 0.6) is 0 Å². The highest BCUT2D eigenvalue weighted by Crippen LogP contribution is 2.24. The third-order valence-electron chi connectivity index (χ3n) is 4.24. The Morgan fingerprint density at radius 3 is 2.52 bits per heavy atom. The minimum atomic E-state index is -0.435. The molecule has 6 heteroatoms. The molecule has 4 nitrogen and oxygen atoms in total. The molecular formula is C21H25ClN2O2S.